The van der Waals surface area contributed by atoms with E-state index in [0.29, 0.717) is 24.5 Å². The van der Waals surface area contributed by atoms with Gasteiger partial charge in [-0.05, 0) is 23.8 Å². The molecule has 0 aliphatic carbocycles. The highest BCUT2D eigenvalue weighted by molar-refractivity contribution is 5.90. The van der Waals surface area contributed by atoms with Crippen LogP contribution in [-0.2, 0) is 6.54 Å². The standard InChI is InChI=1S/C16H18N2O3/c17-14-7-6-13(16(20)21)10-15(14)18(8-9-19)11-12-4-2-1-3-5-12/h1-7,10,19H,8-9,11,17H2,(H,20,21). The van der Waals surface area contributed by atoms with Crippen LogP contribution in [0.2, 0.25) is 0 Å². The van der Waals surface area contributed by atoms with Gasteiger partial charge < -0.3 is 20.8 Å². The predicted octanol–water partition coefficient (Wildman–Crippen LogP) is 1.97. The number of benzene rings is 2. The zero-order chi connectivity index (χ0) is 15.2. The monoisotopic (exact) mass is 286 g/mol. The number of nitrogen functional groups attached to an aromatic ring is 1. The van der Waals surface area contributed by atoms with Gasteiger partial charge in [-0.25, -0.2) is 4.79 Å². The molecule has 0 radical (unpaired) electrons. The molecule has 0 aromatic heterocycles. The van der Waals surface area contributed by atoms with E-state index >= 15 is 0 Å². The first-order valence-corrected chi connectivity index (χ1v) is 6.64. The van der Waals surface area contributed by atoms with Crippen molar-refractivity contribution in [3.8, 4) is 0 Å². The summed E-state index contributed by atoms with van der Waals surface area (Å²) in [6.45, 7) is 0.889. The molecule has 0 heterocycles. The highest BCUT2D eigenvalue weighted by Gasteiger charge is 2.13. The second-order valence-electron chi connectivity index (χ2n) is 4.71. The summed E-state index contributed by atoms with van der Waals surface area (Å²) in [5.41, 5.74) is 8.30. The zero-order valence-corrected chi connectivity index (χ0v) is 11.6. The van der Waals surface area contributed by atoms with E-state index in [2.05, 4.69) is 0 Å². The predicted molar refractivity (Wildman–Crippen MR) is 82.4 cm³/mol. The Labute approximate surface area is 123 Å². The van der Waals surface area contributed by atoms with E-state index in [0.717, 1.165) is 5.56 Å². The number of aliphatic hydroxyl groups is 1. The lowest BCUT2D eigenvalue weighted by Gasteiger charge is -2.26. The molecule has 0 aliphatic rings. The van der Waals surface area contributed by atoms with Crippen molar-refractivity contribution in [3.05, 3.63) is 59.7 Å². The molecule has 4 N–H and O–H groups in total. The van der Waals surface area contributed by atoms with Gasteiger partial charge in [-0.15, -0.1) is 0 Å². The number of anilines is 2. The first-order valence-electron chi connectivity index (χ1n) is 6.64. The molecule has 2 aromatic carbocycles. The molecule has 0 saturated heterocycles. The third kappa shape index (κ3) is 3.73. The van der Waals surface area contributed by atoms with Crippen molar-refractivity contribution in [1.82, 2.24) is 0 Å². The van der Waals surface area contributed by atoms with Crippen LogP contribution < -0.4 is 10.6 Å². The van der Waals surface area contributed by atoms with E-state index in [-0.39, 0.29) is 12.2 Å². The van der Waals surface area contributed by atoms with Gasteiger partial charge in [-0.2, -0.15) is 0 Å². The van der Waals surface area contributed by atoms with Crippen molar-refractivity contribution in [1.29, 1.82) is 0 Å². The number of nitrogens with two attached hydrogens (primary N) is 1. The summed E-state index contributed by atoms with van der Waals surface area (Å²) in [6.07, 6.45) is 0. The number of hydrogen-bond donors (Lipinski definition) is 3. The van der Waals surface area contributed by atoms with Crippen LogP contribution in [-0.4, -0.2) is 29.3 Å². The molecule has 0 spiro atoms. The van der Waals surface area contributed by atoms with Gasteiger partial charge in [0.15, 0.2) is 0 Å². The fourth-order valence-corrected chi connectivity index (χ4v) is 2.16. The van der Waals surface area contributed by atoms with Gasteiger partial charge in [0.05, 0.1) is 23.5 Å². The van der Waals surface area contributed by atoms with E-state index in [4.69, 9.17) is 10.8 Å². The second-order valence-corrected chi connectivity index (χ2v) is 4.71. The summed E-state index contributed by atoms with van der Waals surface area (Å²) >= 11 is 0. The van der Waals surface area contributed by atoms with Crippen LogP contribution in [0.15, 0.2) is 48.5 Å². The lowest BCUT2D eigenvalue weighted by molar-refractivity contribution is 0.0697. The summed E-state index contributed by atoms with van der Waals surface area (Å²) in [4.78, 5) is 13.0. The smallest absolute Gasteiger partial charge is 0.335 e. The number of carbonyl (C=O) groups is 1. The Morgan fingerprint density at radius 2 is 1.86 bits per heavy atom. The van der Waals surface area contributed by atoms with Crippen molar-refractivity contribution in [2.45, 2.75) is 6.54 Å². The van der Waals surface area contributed by atoms with Crippen molar-refractivity contribution in [2.75, 3.05) is 23.8 Å². The number of hydrogen-bond acceptors (Lipinski definition) is 4. The molecule has 0 saturated carbocycles. The summed E-state index contributed by atoms with van der Waals surface area (Å²) in [5, 5.41) is 18.3. The minimum atomic E-state index is -1.00. The first-order chi connectivity index (χ1) is 10.1. The Bertz CT molecular complexity index is 614. The number of carboxylic acid groups (broad SMARTS) is 1. The minimum Gasteiger partial charge on any atom is -0.478 e. The Kier molecular flexibility index (Phi) is 4.79. The van der Waals surface area contributed by atoms with Crippen LogP contribution in [0.5, 0.6) is 0 Å². The van der Waals surface area contributed by atoms with Gasteiger partial charge in [0.2, 0.25) is 0 Å². The maximum atomic E-state index is 11.1. The van der Waals surface area contributed by atoms with Gasteiger partial charge in [0, 0.05) is 13.1 Å². The second kappa shape index (κ2) is 6.76. The molecule has 0 unspecified atom stereocenters. The lowest BCUT2D eigenvalue weighted by Crippen LogP contribution is -2.27. The van der Waals surface area contributed by atoms with Gasteiger partial charge in [-0.3, -0.25) is 0 Å². The highest BCUT2D eigenvalue weighted by Crippen LogP contribution is 2.26. The largest absolute Gasteiger partial charge is 0.478 e. The van der Waals surface area contributed by atoms with Crippen molar-refractivity contribution < 1.29 is 15.0 Å². The Morgan fingerprint density at radius 1 is 1.14 bits per heavy atom. The van der Waals surface area contributed by atoms with E-state index in [1.807, 2.05) is 35.2 Å². The van der Waals surface area contributed by atoms with Crippen LogP contribution in [0.3, 0.4) is 0 Å². The minimum absolute atomic E-state index is 0.0381. The van der Waals surface area contributed by atoms with E-state index in [9.17, 15) is 9.90 Å². The van der Waals surface area contributed by atoms with Crippen LogP contribution in [0, 0.1) is 0 Å². The molecule has 2 aromatic rings. The number of carboxylic acids is 1. The van der Waals surface area contributed by atoms with E-state index < -0.39 is 5.97 Å². The summed E-state index contributed by atoms with van der Waals surface area (Å²) in [7, 11) is 0. The summed E-state index contributed by atoms with van der Waals surface area (Å²) in [6, 6.07) is 14.3. The number of aliphatic hydroxyl groups excluding tert-OH is 1. The molecule has 0 amide bonds. The van der Waals surface area contributed by atoms with Crippen LogP contribution in [0.4, 0.5) is 11.4 Å². The van der Waals surface area contributed by atoms with Crippen molar-refractivity contribution in [2.24, 2.45) is 0 Å². The van der Waals surface area contributed by atoms with Gasteiger partial charge >= 0.3 is 5.97 Å². The fraction of sp³-hybridized carbons (Fsp3) is 0.188. The molecule has 0 atom stereocenters. The Morgan fingerprint density at radius 3 is 2.48 bits per heavy atom. The number of nitrogens with zero attached hydrogens (tertiary/aromatic N) is 1. The molecule has 0 aliphatic heterocycles. The topological polar surface area (TPSA) is 86.8 Å². The molecule has 21 heavy (non-hydrogen) atoms. The molecule has 5 heteroatoms. The number of rotatable bonds is 6. The summed E-state index contributed by atoms with van der Waals surface area (Å²) in [5.74, 6) is -1.00. The summed E-state index contributed by atoms with van der Waals surface area (Å²) < 4.78 is 0. The van der Waals surface area contributed by atoms with Crippen molar-refractivity contribution in [3.63, 3.8) is 0 Å². The average Bonchev–Trinajstić information content (AvgIpc) is 2.48. The third-order valence-corrected chi connectivity index (χ3v) is 3.20. The Hall–Kier alpha value is -2.53. The van der Waals surface area contributed by atoms with E-state index in [1.54, 1.807) is 6.07 Å². The first kappa shape index (κ1) is 14.9. The molecule has 5 nitrogen and oxygen atoms in total. The van der Waals surface area contributed by atoms with Crippen LogP contribution >= 0.6 is 0 Å². The van der Waals surface area contributed by atoms with Crippen LogP contribution in [0.25, 0.3) is 0 Å². The van der Waals surface area contributed by atoms with Gasteiger partial charge in [-0.1, -0.05) is 30.3 Å². The normalized spacial score (nSPS) is 10.3. The lowest BCUT2D eigenvalue weighted by atomic mass is 10.1. The maximum Gasteiger partial charge on any atom is 0.335 e. The van der Waals surface area contributed by atoms with Crippen molar-refractivity contribution >= 4 is 17.3 Å². The Balaban J connectivity index is 2.33. The molecule has 110 valence electrons. The quantitative estimate of drug-likeness (QED) is 0.707. The fourth-order valence-electron chi connectivity index (χ4n) is 2.16. The highest BCUT2D eigenvalue weighted by atomic mass is 16.4. The molecule has 0 bridgehead atoms. The van der Waals surface area contributed by atoms with Crippen LogP contribution in [0.1, 0.15) is 15.9 Å². The van der Waals surface area contributed by atoms with Gasteiger partial charge in [0.25, 0.3) is 0 Å². The molecule has 2 rings (SSSR count). The zero-order valence-electron chi connectivity index (χ0n) is 11.6. The third-order valence-electron chi connectivity index (χ3n) is 3.20. The van der Waals surface area contributed by atoms with E-state index in [1.165, 1.54) is 12.1 Å². The molecule has 0 fully saturated rings. The molecular weight excluding hydrogens is 268 g/mol. The number of aromatic carboxylic acids is 1. The molecular formula is C16H18N2O3. The van der Waals surface area contributed by atoms with Gasteiger partial charge in [0.1, 0.15) is 0 Å². The maximum absolute atomic E-state index is 11.1. The average molecular weight is 286 g/mol. The SMILES string of the molecule is Nc1ccc(C(=O)O)cc1N(CCO)Cc1ccccc1.